The Labute approximate surface area is 89.4 Å². The van der Waals surface area contributed by atoms with Gasteiger partial charge in [-0.3, -0.25) is 4.79 Å². The van der Waals surface area contributed by atoms with Crippen molar-refractivity contribution in [1.29, 1.82) is 0 Å². The lowest BCUT2D eigenvalue weighted by Gasteiger charge is -2.09. The number of aryl methyl sites for hydroxylation is 2. The summed E-state index contributed by atoms with van der Waals surface area (Å²) in [6.07, 6.45) is 0. The fourth-order valence-corrected chi connectivity index (χ4v) is 1.29. The van der Waals surface area contributed by atoms with E-state index in [4.69, 9.17) is 4.52 Å². The summed E-state index contributed by atoms with van der Waals surface area (Å²) in [5, 5.41) is 6.55. The first-order valence-electron chi connectivity index (χ1n) is 4.88. The van der Waals surface area contributed by atoms with Crippen LogP contribution in [-0.4, -0.2) is 43.1 Å². The molecule has 0 unspecified atom stereocenters. The van der Waals surface area contributed by atoms with Crippen molar-refractivity contribution in [3.05, 3.63) is 17.0 Å². The van der Waals surface area contributed by atoms with Gasteiger partial charge in [0.2, 0.25) is 0 Å². The van der Waals surface area contributed by atoms with Crippen molar-refractivity contribution in [3.63, 3.8) is 0 Å². The molecule has 0 saturated heterocycles. The molecule has 1 N–H and O–H groups in total. The van der Waals surface area contributed by atoms with E-state index in [1.165, 1.54) is 0 Å². The van der Waals surface area contributed by atoms with E-state index in [1.807, 2.05) is 19.0 Å². The predicted octanol–water partition coefficient (Wildman–Crippen LogP) is 0.583. The summed E-state index contributed by atoms with van der Waals surface area (Å²) in [6.45, 7) is 4.93. The maximum absolute atomic E-state index is 11.7. The molecule has 1 aromatic rings. The van der Waals surface area contributed by atoms with Gasteiger partial charge < -0.3 is 14.7 Å². The van der Waals surface area contributed by atoms with E-state index in [-0.39, 0.29) is 5.91 Å². The van der Waals surface area contributed by atoms with Crippen LogP contribution >= 0.6 is 0 Å². The Kier molecular flexibility index (Phi) is 3.85. The second-order valence-electron chi connectivity index (χ2n) is 3.76. The molecule has 1 rings (SSSR count). The second kappa shape index (κ2) is 4.93. The van der Waals surface area contributed by atoms with Crippen LogP contribution in [0.4, 0.5) is 0 Å². The molecule has 0 bridgehead atoms. The molecular weight excluding hydrogens is 194 g/mol. The zero-order valence-electron chi connectivity index (χ0n) is 9.63. The van der Waals surface area contributed by atoms with Crippen LogP contribution in [-0.2, 0) is 0 Å². The fourth-order valence-electron chi connectivity index (χ4n) is 1.29. The Morgan fingerprint density at radius 1 is 1.47 bits per heavy atom. The smallest absolute Gasteiger partial charge is 0.256 e. The fraction of sp³-hybridized carbons (Fsp3) is 0.600. The lowest BCUT2D eigenvalue weighted by atomic mass is 10.2. The minimum absolute atomic E-state index is 0.117. The van der Waals surface area contributed by atoms with E-state index in [0.29, 0.717) is 23.6 Å². The van der Waals surface area contributed by atoms with Gasteiger partial charge in [-0.1, -0.05) is 5.16 Å². The van der Waals surface area contributed by atoms with E-state index in [9.17, 15) is 4.79 Å². The lowest BCUT2D eigenvalue weighted by molar-refractivity contribution is 0.0949. The van der Waals surface area contributed by atoms with Gasteiger partial charge in [0.05, 0.1) is 5.69 Å². The Morgan fingerprint density at radius 2 is 2.13 bits per heavy atom. The highest BCUT2D eigenvalue weighted by Crippen LogP contribution is 2.11. The van der Waals surface area contributed by atoms with Gasteiger partial charge in [0.15, 0.2) is 0 Å². The predicted molar refractivity (Wildman–Crippen MR) is 56.9 cm³/mol. The molecule has 0 aromatic carbocycles. The van der Waals surface area contributed by atoms with Crippen LogP contribution in [0.3, 0.4) is 0 Å². The number of amides is 1. The quantitative estimate of drug-likeness (QED) is 0.791. The van der Waals surface area contributed by atoms with Crippen molar-refractivity contribution >= 4 is 5.91 Å². The van der Waals surface area contributed by atoms with Crippen LogP contribution in [0.1, 0.15) is 21.8 Å². The number of likely N-dealkylation sites (N-methyl/N-ethyl adjacent to an activating group) is 1. The maximum Gasteiger partial charge on any atom is 0.256 e. The number of nitrogens with one attached hydrogen (secondary N) is 1. The van der Waals surface area contributed by atoms with Gasteiger partial charge in [-0.2, -0.15) is 0 Å². The Bertz CT molecular complexity index is 325. The Balaban J connectivity index is 2.54. The molecule has 0 radical (unpaired) electrons. The highest BCUT2D eigenvalue weighted by atomic mass is 16.5. The summed E-state index contributed by atoms with van der Waals surface area (Å²) in [5.41, 5.74) is 1.18. The number of hydrogen-bond acceptors (Lipinski definition) is 4. The molecule has 0 aliphatic rings. The number of carbonyl (C=O) groups excluding carboxylic acids is 1. The number of aromatic nitrogens is 1. The molecule has 1 heterocycles. The molecule has 84 valence electrons. The van der Waals surface area contributed by atoms with Crippen LogP contribution in [0, 0.1) is 13.8 Å². The number of carbonyl (C=O) groups is 1. The molecule has 1 amide bonds. The van der Waals surface area contributed by atoms with E-state index in [2.05, 4.69) is 10.5 Å². The minimum atomic E-state index is -0.117. The summed E-state index contributed by atoms with van der Waals surface area (Å²) in [7, 11) is 3.92. The summed E-state index contributed by atoms with van der Waals surface area (Å²) in [6, 6.07) is 0. The van der Waals surface area contributed by atoms with Crippen LogP contribution in [0.2, 0.25) is 0 Å². The normalized spacial score (nSPS) is 10.7. The lowest BCUT2D eigenvalue weighted by Crippen LogP contribution is -2.31. The van der Waals surface area contributed by atoms with Crippen LogP contribution < -0.4 is 5.32 Å². The van der Waals surface area contributed by atoms with Gasteiger partial charge >= 0.3 is 0 Å². The summed E-state index contributed by atoms with van der Waals surface area (Å²) in [5.74, 6) is 0.447. The zero-order valence-corrected chi connectivity index (χ0v) is 9.63. The third-order valence-corrected chi connectivity index (χ3v) is 2.11. The average Bonchev–Trinajstić information content (AvgIpc) is 2.45. The molecule has 15 heavy (non-hydrogen) atoms. The average molecular weight is 211 g/mol. The summed E-state index contributed by atoms with van der Waals surface area (Å²) < 4.78 is 4.92. The van der Waals surface area contributed by atoms with Gasteiger partial charge in [-0.05, 0) is 27.9 Å². The topological polar surface area (TPSA) is 58.4 Å². The third-order valence-electron chi connectivity index (χ3n) is 2.11. The molecule has 0 atom stereocenters. The van der Waals surface area contributed by atoms with Crippen molar-refractivity contribution in [3.8, 4) is 0 Å². The van der Waals surface area contributed by atoms with E-state index in [1.54, 1.807) is 13.8 Å². The van der Waals surface area contributed by atoms with Crippen molar-refractivity contribution in [2.24, 2.45) is 0 Å². The molecular formula is C10H17N3O2. The Morgan fingerprint density at radius 3 is 2.60 bits per heavy atom. The Hall–Kier alpha value is -1.36. The second-order valence-corrected chi connectivity index (χ2v) is 3.76. The standard InChI is InChI=1S/C10H17N3O2/c1-7-9(8(2)15-12-7)10(14)11-5-6-13(3)4/h5-6H2,1-4H3,(H,11,14). The molecule has 0 spiro atoms. The first-order chi connectivity index (χ1) is 7.02. The molecule has 0 aliphatic heterocycles. The van der Waals surface area contributed by atoms with Crippen molar-refractivity contribution < 1.29 is 9.32 Å². The number of nitrogens with zero attached hydrogens (tertiary/aromatic N) is 2. The monoisotopic (exact) mass is 211 g/mol. The maximum atomic E-state index is 11.7. The van der Waals surface area contributed by atoms with Crippen molar-refractivity contribution in [2.45, 2.75) is 13.8 Å². The van der Waals surface area contributed by atoms with E-state index < -0.39 is 0 Å². The van der Waals surface area contributed by atoms with Gasteiger partial charge in [-0.15, -0.1) is 0 Å². The third kappa shape index (κ3) is 3.06. The SMILES string of the molecule is Cc1noc(C)c1C(=O)NCCN(C)C. The van der Waals surface area contributed by atoms with Crippen molar-refractivity contribution in [2.75, 3.05) is 27.2 Å². The zero-order chi connectivity index (χ0) is 11.4. The van der Waals surface area contributed by atoms with Gasteiger partial charge in [0.1, 0.15) is 11.3 Å². The molecule has 5 heteroatoms. The highest BCUT2D eigenvalue weighted by molar-refractivity contribution is 5.96. The largest absolute Gasteiger partial charge is 0.361 e. The van der Waals surface area contributed by atoms with Gasteiger partial charge in [0.25, 0.3) is 5.91 Å². The summed E-state index contributed by atoms with van der Waals surface area (Å²) in [4.78, 5) is 13.7. The molecule has 0 saturated carbocycles. The van der Waals surface area contributed by atoms with E-state index >= 15 is 0 Å². The molecule has 0 aliphatic carbocycles. The van der Waals surface area contributed by atoms with Gasteiger partial charge in [-0.25, -0.2) is 0 Å². The first-order valence-corrected chi connectivity index (χ1v) is 4.88. The van der Waals surface area contributed by atoms with E-state index in [0.717, 1.165) is 6.54 Å². The molecule has 1 aromatic heterocycles. The van der Waals surface area contributed by atoms with Crippen molar-refractivity contribution in [1.82, 2.24) is 15.4 Å². The highest BCUT2D eigenvalue weighted by Gasteiger charge is 2.16. The minimum Gasteiger partial charge on any atom is -0.361 e. The van der Waals surface area contributed by atoms with Crippen LogP contribution in [0.5, 0.6) is 0 Å². The van der Waals surface area contributed by atoms with Gasteiger partial charge in [0, 0.05) is 13.1 Å². The number of hydrogen-bond donors (Lipinski definition) is 1. The molecule has 0 fully saturated rings. The van der Waals surface area contributed by atoms with Crippen LogP contribution in [0.25, 0.3) is 0 Å². The number of rotatable bonds is 4. The molecule has 5 nitrogen and oxygen atoms in total. The summed E-state index contributed by atoms with van der Waals surface area (Å²) >= 11 is 0. The first kappa shape index (κ1) is 11.7. The van der Waals surface area contributed by atoms with Crippen LogP contribution in [0.15, 0.2) is 4.52 Å².